The number of nitrogen functional groups attached to an aromatic ring is 1. The third-order valence-corrected chi connectivity index (χ3v) is 4.34. The summed E-state index contributed by atoms with van der Waals surface area (Å²) < 4.78 is 0.631. The first-order chi connectivity index (χ1) is 8.11. The highest BCUT2D eigenvalue weighted by atomic mass is 32.2. The van der Waals surface area contributed by atoms with Crippen molar-refractivity contribution in [3.8, 4) is 0 Å². The Morgan fingerprint density at radius 2 is 2.29 bits per heavy atom. The molecule has 1 aromatic heterocycles. The molecule has 17 heavy (non-hydrogen) atoms. The molecule has 1 aliphatic rings. The van der Waals surface area contributed by atoms with Crippen molar-refractivity contribution >= 4 is 40.0 Å². The SMILES string of the molecule is CCCN1C(=O)CC(Sc2nnc(N)s2)C1=O. The molecule has 2 N–H and O–H groups in total. The monoisotopic (exact) mass is 272 g/mol. The summed E-state index contributed by atoms with van der Waals surface area (Å²) in [6.45, 7) is 2.43. The summed E-state index contributed by atoms with van der Waals surface area (Å²) in [5.74, 6) is -0.234. The number of thioether (sulfide) groups is 1. The average molecular weight is 272 g/mol. The van der Waals surface area contributed by atoms with Crippen LogP contribution in [0.5, 0.6) is 0 Å². The van der Waals surface area contributed by atoms with Crippen LogP contribution in [0.25, 0.3) is 0 Å². The van der Waals surface area contributed by atoms with E-state index in [0.717, 1.165) is 6.42 Å². The van der Waals surface area contributed by atoms with Gasteiger partial charge in [-0.1, -0.05) is 30.0 Å². The van der Waals surface area contributed by atoms with Crippen molar-refractivity contribution in [3.05, 3.63) is 0 Å². The van der Waals surface area contributed by atoms with Crippen LogP contribution in [0.15, 0.2) is 4.34 Å². The van der Waals surface area contributed by atoms with E-state index in [-0.39, 0.29) is 23.5 Å². The molecule has 1 atom stereocenters. The second-order valence-electron chi connectivity index (χ2n) is 3.60. The number of imide groups is 1. The molecule has 1 aromatic rings. The van der Waals surface area contributed by atoms with Crippen molar-refractivity contribution in [1.29, 1.82) is 0 Å². The number of likely N-dealkylation sites (tertiary alicyclic amines) is 1. The maximum absolute atomic E-state index is 11.9. The zero-order chi connectivity index (χ0) is 12.4. The van der Waals surface area contributed by atoms with E-state index in [2.05, 4.69) is 10.2 Å². The fourth-order valence-electron chi connectivity index (χ4n) is 1.59. The number of nitrogens with zero attached hydrogens (tertiary/aromatic N) is 3. The van der Waals surface area contributed by atoms with Crippen LogP contribution < -0.4 is 5.73 Å². The molecule has 0 aromatic carbocycles. The second-order valence-corrected chi connectivity index (χ2v) is 6.06. The topological polar surface area (TPSA) is 89.2 Å². The quantitative estimate of drug-likeness (QED) is 0.814. The van der Waals surface area contributed by atoms with Gasteiger partial charge in [0.05, 0.1) is 5.25 Å². The van der Waals surface area contributed by atoms with Gasteiger partial charge < -0.3 is 5.73 Å². The Balaban J connectivity index is 2.04. The van der Waals surface area contributed by atoms with Crippen molar-refractivity contribution < 1.29 is 9.59 Å². The van der Waals surface area contributed by atoms with E-state index in [4.69, 9.17) is 5.73 Å². The first-order valence-corrected chi connectivity index (χ1v) is 6.91. The molecule has 0 bridgehead atoms. The number of hydrogen-bond donors (Lipinski definition) is 1. The smallest absolute Gasteiger partial charge is 0.243 e. The van der Waals surface area contributed by atoms with Gasteiger partial charge in [0.2, 0.25) is 16.9 Å². The van der Waals surface area contributed by atoms with Gasteiger partial charge in [-0.25, -0.2) is 0 Å². The average Bonchev–Trinajstić information content (AvgIpc) is 2.79. The Hall–Kier alpha value is -1.15. The van der Waals surface area contributed by atoms with Gasteiger partial charge in [0.15, 0.2) is 4.34 Å². The van der Waals surface area contributed by atoms with E-state index in [1.807, 2.05) is 6.92 Å². The highest BCUT2D eigenvalue weighted by Crippen LogP contribution is 2.33. The molecule has 0 radical (unpaired) electrons. The molecule has 2 heterocycles. The fraction of sp³-hybridized carbons (Fsp3) is 0.556. The number of anilines is 1. The molecule has 0 aliphatic carbocycles. The van der Waals surface area contributed by atoms with Gasteiger partial charge in [-0.15, -0.1) is 10.2 Å². The minimum Gasteiger partial charge on any atom is -0.374 e. The molecular weight excluding hydrogens is 260 g/mol. The van der Waals surface area contributed by atoms with Crippen LogP contribution in [0.3, 0.4) is 0 Å². The Morgan fingerprint density at radius 3 is 2.88 bits per heavy atom. The fourth-order valence-corrected chi connectivity index (χ4v) is 3.52. The lowest BCUT2D eigenvalue weighted by Crippen LogP contribution is -2.31. The number of nitrogens with two attached hydrogens (primary N) is 1. The van der Waals surface area contributed by atoms with Crippen LogP contribution in [-0.2, 0) is 9.59 Å². The maximum atomic E-state index is 11.9. The molecule has 2 amide bonds. The lowest BCUT2D eigenvalue weighted by molar-refractivity contribution is -0.138. The molecule has 6 nitrogen and oxygen atoms in total. The van der Waals surface area contributed by atoms with E-state index in [1.54, 1.807) is 0 Å². The summed E-state index contributed by atoms with van der Waals surface area (Å²) >= 11 is 2.50. The summed E-state index contributed by atoms with van der Waals surface area (Å²) in [5, 5.41) is 7.50. The van der Waals surface area contributed by atoms with E-state index in [9.17, 15) is 9.59 Å². The Kier molecular flexibility index (Phi) is 3.63. The van der Waals surface area contributed by atoms with Crippen molar-refractivity contribution in [1.82, 2.24) is 15.1 Å². The van der Waals surface area contributed by atoms with Gasteiger partial charge in [-0.3, -0.25) is 14.5 Å². The van der Waals surface area contributed by atoms with Crippen LogP contribution in [0.2, 0.25) is 0 Å². The molecule has 1 aliphatic heterocycles. The molecule has 0 saturated carbocycles. The summed E-state index contributed by atoms with van der Waals surface area (Å²) in [6, 6.07) is 0. The van der Waals surface area contributed by atoms with E-state index in [1.165, 1.54) is 28.0 Å². The summed E-state index contributed by atoms with van der Waals surface area (Å²) in [4.78, 5) is 24.9. The number of aromatic nitrogens is 2. The Bertz CT molecular complexity index is 448. The highest BCUT2D eigenvalue weighted by Gasteiger charge is 2.39. The van der Waals surface area contributed by atoms with Crippen molar-refractivity contribution in [2.75, 3.05) is 12.3 Å². The van der Waals surface area contributed by atoms with E-state index < -0.39 is 0 Å². The normalized spacial score (nSPS) is 20.3. The summed E-state index contributed by atoms with van der Waals surface area (Å²) in [6.07, 6.45) is 1.02. The summed E-state index contributed by atoms with van der Waals surface area (Å²) in [5.41, 5.74) is 5.46. The molecule has 1 saturated heterocycles. The zero-order valence-electron chi connectivity index (χ0n) is 9.25. The van der Waals surface area contributed by atoms with Crippen LogP contribution in [-0.4, -0.2) is 38.7 Å². The Morgan fingerprint density at radius 1 is 1.53 bits per heavy atom. The second kappa shape index (κ2) is 5.01. The molecule has 0 spiro atoms. The van der Waals surface area contributed by atoms with E-state index >= 15 is 0 Å². The molecular formula is C9H12N4O2S2. The molecule has 8 heteroatoms. The zero-order valence-corrected chi connectivity index (χ0v) is 10.9. The van der Waals surface area contributed by atoms with Crippen LogP contribution in [0, 0.1) is 0 Å². The molecule has 2 rings (SSSR count). The number of carbonyl (C=O) groups excluding carboxylic acids is 2. The van der Waals surface area contributed by atoms with Gasteiger partial charge in [0, 0.05) is 13.0 Å². The lowest BCUT2D eigenvalue weighted by Gasteiger charge is -2.12. The minimum absolute atomic E-state index is 0.105. The lowest BCUT2D eigenvalue weighted by atomic mass is 10.4. The third kappa shape index (κ3) is 2.58. The van der Waals surface area contributed by atoms with Gasteiger partial charge in [-0.05, 0) is 6.42 Å². The van der Waals surface area contributed by atoms with Crippen LogP contribution in [0.1, 0.15) is 19.8 Å². The number of carbonyl (C=O) groups is 2. The molecule has 1 fully saturated rings. The number of hydrogen-bond acceptors (Lipinski definition) is 7. The first-order valence-electron chi connectivity index (χ1n) is 5.21. The number of rotatable bonds is 4. The van der Waals surface area contributed by atoms with E-state index in [0.29, 0.717) is 16.0 Å². The predicted octanol–water partition coefficient (Wildman–Crippen LogP) is 0.750. The third-order valence-electron chi connectivity index (χ3n) is 2.31. The minimum atomic E-state index is -0.374. The van der Waals surface area contributed by atoms with Gasteiger partial charge in [0.1, 0.15) is 0 Å². The predicted molar refractivity (Wildman–Crippen MR) is 65.6 cm³/mol. The molecule has 92 valence electrons. The van der Waals surface area contributed by atoms with Crippen molar-refractivity contribution in [3.63, 3.8) is 0 Å². The van der Waals surface area contributed by atoms with Crippen LogP contribution in [0.4, 0.5) is 5.13 Å². The molecule has 1 unspecified atom stereocenters. The highest BCUT2D eigenvalue weighted by molar-refractivity contribution is 8.02. The van der Waals surface area contributed by atoms with Gasteiger partial charge in [-0.2, -0.15) is 0 Å². The van der Waals surface area contributed by atoms with Gasteiger partial charge in [0.25, 0.3) is 0 Å². The first kappa shape index (κ1) is 12.3. The largest absolute Gasteiger partial charge is 0.374 e. The van der Waals surface area contributed by atoms with Crippen molar-refractivity contribution in [2.24, 2.45) is 0 Å². The standard InChI is InChI=1S/C9H12N4O2S2/c1-2-3-13-6(14)4-5(7(13)15)16-9-12-11-8(10)17-9/h5H,2-4H2,1H3,(H2,10,11). The van der Waals surface area contributed by atoms with Gasteiger partial charge >= 0.3 is 0 Å². The maximum Gasteiger partial charge on any atom is 0.243 e. The summed E-state index contributed by atoms with van der Waals surface area (Å²) in [7, 11) is 0. The van der Waals surface area contributed by atoms with Crippen molar-refractivity contribution in [2.45, 2.75) is 29.4 Å². The Labute approximate surface area is 107 Å². The van der Waals surface area contributed by atoms with Crippen LogP contribution >= 0.6 is 23.1 Å². The number of amides is 2.